The molecule has 2 aliphatic rings. The van der Waals surface area contributed by atoms with Gasteiger partial charge < -0.3 is 10.1 Å². The van der Waals surface area contributed by atoms with Crippen LogP contribution in [0.3, 0.4) is 0 Å². The number of thiazole rings is 1. The molecule has 0 spiro atoms. The molecule has 1 amide bonds. The second-order valence-electron chi connectivity index (χ2n) is 4.30. The summed E-state index contributed by atoms with van der Waals surface area (Å²) in [5, 5.41) is 6.70. The van der Waals surface area contributed by atoms with Crippen LogP contribution in [0.4, 0.5) is 5.13 Å². The van der Waals surface area contributed by atoms with Gasteiger partial charge in [0, 0.05) is 18.0 Å². The van der Waals surface area contributed by atoms with Crippen LogP contribution in [-0.2, 0) is 22.4 Å². The fraction of sp³-hybridized carbons (Fsp3) is 0.636. The number of carbonyl (C=O) groups excluding carboxylic acids is 1. The monoisotopic (exact) mass is 253 g/mol. The van der Waals surface area contributed by atoms with E-state index in [1.165, 1.54) is 11.3 Å². The molecule has 0 aromatic carbocycles. The molecule has 2 N–H and O–H groups in total. The van der Waals surface area contributed by atoms with Crippen LogP contribution in [-0.4, -0.2) is 36.7 Å². The minimum absolute atomic E-state index is 0.0929. The molecule has 17 heavy (non-hydrogen) atoms. The predicted molar refractivity (Wildman–Crippen MR) is 65.4 cm³/mol. The Hall–Kier alpha value is -0.980. The van der Waals surface area contributed by atoms with E-state index in [-0.39, 0.29) is 12.0 Å². The van der Waals surface area contributed by atoms with Crippen molar-refractivity contribution in [1.29, 1.82) is 0 Å². The van der Waals surface area contributed by atoms with Crippen molar-refractivity contribution in [3.8, 4) is 0 Å². The number of rotatable bonds is 2. The first-order valence-electron chi connectivity index (χ1n) is 5.95. The lowest BCUT2D eigenvalue weighted by atomic mass is 10.3. The van der Waals surface area contributed by atoms with Crippen molar-refractivity contribution in [1.82, 2.24) is 10.3 Å². The van der Waals surface area contributed by atoms with Gasteiger partial charge in [0.15, 0.2) is 5.13 Å². The number of aryl methyl sites for hydroxylation is 2. The summed E-state index contributed by atoms with van der Waals surface area (Å²) in [7, 11) is 0. The van der Waals surface area contributed by atoms with E-state index < -0.39 is 0 Å². The number of morpholine rings is 1. The Bertz CT molecular complexity index is 405. The highest BCUT2D eigenvalue weighted by atomic mass is 32.1. The van der Waals surface area contributed by atoms with Gasteiger partial charge >= 0.3 is 0 Å². The second kappa shape index (κ2) is 4.72. The highest BCUT2D eigenvalue weighted by molar-refractivity contribution is 7.15. The van der Waals surface area contributed by atoms with Gasteiger partial charge in [-0.05, 0) is 19.3 Å². The molecule has 1 fully saturated rings. The zero-order valence-corrected chi connectivity index (χ0v) is 10.3. The van der Waals surface area contributed by atoms with Crippen molar-refractivity contribution >= 4 is 22.4 Å². The molecule has 1 unspecified atom stereocenters. The molecule has 6 heteroatoms. The standard InChI is InChI=1S/C11H15N3O2S/c15-10(8-6-12-4-5-16-8)14-11-13-7-2-1-3-9(7)17-11/h8,12H,1-6H2,(H,13,14,15). The van der Waals surface area contributed by atoms with E-state index in [1.807, 2.05) is 0 Å². The van der Waals surface area contributed by atoms with Crippen LogP contribution in [0.1, 0.15) is 17.0 Å². The smallest absolute Gasteiger partial charge is 0.256 e. The van der Waals surface area contributed by atoms with Gasteiger partial charge in [-0.2, -0.15) is 0 Å². The normalized spacial score (nSPS) is 23.4. The molecule has 1 aliphatic carbocycles. The Morgan fingerprint density at radius 1 is 1.53 bits per heavy atom. The molecule has 1 aromatic heterocycles. The van der Waals surface area contributed by atoms with Gasteiger partial charge in [0.1, 0.15) is 6.10 Å². The third kappa shape index (κ3) is 2.34. The molecule has 1 saturated heterocycles. The van der Waals surface area contributed by atoms with Crippen molar-refractivity contribution in [3.63, 3.8) is 0 Å². The summed E-state index contributed by atoms with van der Waals surface area (Å²) in [4.78, 5) is 17.6. The second-order valence-corrected chi connectivity index (χ2v) is 5.38. The lowest BCUT2D eigenvalue weighted by Gasteiger charge is -2.22. The molecule has 92 valence electrons. The quantitative estimate of drug-likeness (QED) is 0.808. The third-order valence-electron chi connectivity index (χ3n) is 3.05. The minimum Gasteiger partial charge on any atom is -0.366 e. The average Bonchev–Trinajstić information content (AvgIpc) is 2.90. The molecule has 0 bridgehead atoms. The molecule has 5 nitrogen and oxygen atoms in total. The summed E-state index contributed by atoms with van der Waals surface area (Å²) in [6.07, 6.45) is 2.95. The molecule has 1 aromatic rings. The van der Waals surface area contributed by atoms with Crippen molar-refractivity contribution in [2.45, 2.75) is 25.4 Å². The van der Waals surface area contributed by atoms with Gasteiger partial charge in [0.2, 0.25) is 0 Å². The number of hydrogen-bond donors (Lipinski definition) is 2. The lowest BCUT2D eigenvalue weighted by Crippen LogP contribution is -2.45. The van der Waals surface area contributed by atoms with Crippen molar-refractivity contribution in [2.24, 2.45) is 0 Å². The van der Waals surface area contributed by atoms with Crippen LogP contribution in [0.5, 0.6) is 0 Å². The maximum Gasteiger partial charge on any atom is 0.256 e. The summed E-state index contributed by atoms with van der Waals surface area (Å²) >= 11 is 1.60. The number of nitrogens with one attached hydrogen (secondary N) is 2. The fourth-order valence-corrected chi connectivity index (χ4v) is 3.22. The molecule has 0 saturated carbocycles. The van der Waals surface area contributed by atoms with Gasteiger partial charge in [0.05, 0.1) is 12.3 Å². The number of aromatic nitrogens is 1. The van der Waals surface area contributed by atoms with Crippen LogP contribution >= 0.6 is 11.3 Å². The topological polar surface area (TPSA) is 63.2 Å². The molecule has 2 heterocycles. The fourth-order valence-electron chi connectivity index (χ4n) is 2.16. The summed E-state index contributed by atoms with van der Waals surface area (Å²) < 4.78 is 5.39. The Labute approximate surface area is 104 Å². The SMILES string of the molecule is O=C(Nc1nc2c(s1)CCC2)C1CNCCO1. The van der Waals surface area contributed by atoms with Gasteiger partial charge in [-0.25, -0.2) is 4.98 Å². The van der Waals surface area contributed by atoms with Crippen LogP contribution in [0, 0.1) is 0 Å². The van der Waals surface area contributed by atoms with Gasteiger partial charge in [0.25, 0.3) is 5.91 Å². The van der Waals surface area contributed by atoms with E-state index in [0.29, 0.717) is 18.3 Å². The van der Waals surface area contributed by atoms with E-state index >= 15 is 0 Å². The van der Waals surface area contributed by atoms with Gasteiger partial charge in [-0.1, -0.05) is 0 Å². The summed E-state index contributed by atoms with van der Waals surface area (Å²) in [6, 6.07) is 0. The van der Waals surface area contributed by atoms with Crippen molar-refractivity contribution < 1.29 is 9.53 Å². The Kier molecular flexibility index (Phi) is 3.09. The zero-order valence-electron chi connectivity index (χ0n) is 9.49. The first kappa shape index (κ1) is 11.1. The van der Waals surface area contributed by atoms with Gasteiger partial charge in [-0.3, -0.25) is 10.1 Å². The van der Waals surface area contributed by atoms with Crippen LogP contribution in [0.25, 0.3) is 0 Å². The molecular weight excluding hydrogens is 238 g/mol. The summed E-state index contributed by atoms with van der Waals surface area (Å²) in [6.45, 7) is 1.98. The highest BCUT2D eigenvalue weighted by Crippen LogP contribution is 2.30. The summed E-state index contributed by atoms with van der Waals surface area (Å²) in [5.41, 5.74) is 1.16. The number of nitrogens with zero attached hydrogens (tertiary/aromatic N) is 1. The van der Waals surface area contributed by atoms with Crippen LogP contribution < -0.4 is 10.6 Å². The largest absolute Gasteiger partial charge is 0.366 e. The molecule has 0 radical (unpaired) electrons. The van der Waals surface area contributed by atoms with E-state index in [4.69, 9.17) is 4.74 Å². The Morgan fingerprint density at radius 2 is 2.47 bits per heavy atom. The Morgan fingerprint density at radius 3 is 3.24 bits per heavy atom. The van der Waals surface area contributed by atoms with E-state index in [0.717, 1.165) is 25.1 Å². The maximum atomic E-state index is 11.9. The maximum absolute atomic E-state index is 11.9. The van der Waals surface area contributed by atoms with Crippen LogP contribution in [0.15, 0.2) is 0 Å². The van der Waals surface area contributed by atoms with Gasteiger partial charge in [-0.15, -0.1) is 11.3 Å². The number of fused-ring (bicyclic) bond motifs is 1. The number of hydrogen-bond acceptors (Lipinski definition) is 5. The summed E-state index contributed by atoms with van der Waals surface area (Å²) in [5.74, 6) is -0.0929. The molecule has 3 rings (SSSR count). The minimum atomic E-state index is -0.387. The lowest BCUT2D eigenvalue weighted by molar-refractivity contribution is -0.128. The number of anilines is 1. The molecular formula is C11H15N3O2S. The van der Waals surface area contributed by atoms with Crippen molar-refractivity contribution in [2.75, 3.05) is 25.0 Å². The van der Waals surface area contributed by atoms with Crippen LogP contribution in [0.2, 0.25) is 0 Å². The van der Waals surface area contributed by atoms with E-state index in [1.54, 1.807) is 11.3 Å². The number of ether oxygens (including phenoxy) is 1. The first-order valence-corrected chi connectivity index (χ1v) is 6.76. The highest BCUT2D eigenvalue weighted by Gasteiger charge is 2.24. The first-order chi connectivity index (χ1) is 8.33. The number of carbonyl (C=O) groups is 1. The Balaban J connectivity index is 1.63. The molecule has 1 aliphatic heterocycles. The third-order valence-corrected chi connectivity index (χ3v) is 4.12. The predicted octanol–water partition coefficient (Wildman–Crippen LogP) is 0.559. The van der Waals surface area contributed by atoms with E-state index in [2.05, 4.69) is 15.6 Å². The zero-order chi connectivity index (χ0) is 11.7. The van der Waals surface area contributed by atoms with E-state index in [9.17, 15) is 4.79 Å². The van der Waals surface area contributed by atoms with Crippen molar-refractivity contribution in [3.05, 3.63) is 10.6 Å². The number of amides is 1. The molecule has 1 atom stereocenters. The average molecular weight is 253 g/mol.